The first-order chi connectivity index (χ1) is 21.7. The summed E-state index contributed by atoms with van der Waals surface area (Å²) in [6.07, 6.45) is 6.02. The van der Waals surface area contributed by atoms with Crippen LogP contribution < -0.4 is 14.5 Å². The minimum atomic E-state index is 0.768. The topological polar surface area (TPSA) is 31.8 Å². The highest BCUT2D eigenvalue weighted by Gasteiger charge is 2.14. The van der Waals surface area contributed by atoms with Gasteiger partial charge in [0.25, 0.3) is 0 Å². The average molecular weight is 573 g/mol. The molecule has 0 bridgehead atoms. The summed E-state index contributed by atoms with van der Waals surface area (Å²) in [6.45, 7) is 0.820. The molecule has 0 unspecified atom stereocenters. The number of rotatable bonds is 8. The molecule has 7 rings (SSSR count). The molecule has 44 heavy (non-hydrogen) atoms. The molecule has 0 atom stereocenters. The highest BCUT2D eigenvalue weighted by atomic mass is 16.5. The Hall–Kier alpha value is -5.81. The lowest BCUT2D eigenvalue weighted by molar-refractivity contribution is 0.481. The van der Waals surface area contributed by atoms with Gasteiger partial charge in [0, 0.05) is 60.0 Å². The number of para-hydroxylation sites is 2. The van der Waals surface area contributed by atoms with E-state index in [2.05, 4.69) is 137 Å². The smallest absolute Gasteiger partial charge is 0.129 e. The fourth-order valence-electron chi connectivity index (χ4n) is 5.47. The van der Waals surface area contributed by atoms with E-state index in [1.807, 2.05) is 48.7 Å². The second-order valence-corrected chi connectivity index (χ2v) is 10.8. The zero-order chi connectivity index (χ0) is 29.7. The van der Waals surface area contributed by atoms with Crippen molar-refractivity contribution in [1.82, 2.24) is 9.88 Å². The van der Waals surface area contributed by atoms with E-state index in [0.717, 1.165) is 63.3 Å². The Morgan fingerprint density at radius 2 is 1.20 bits per heavy atom. The summed E-state index contributed by atoms with van der Waals surface area (Å²) in [6, 6.07) is 50.1. The van der Waals surface area contributed by atoms with Gasteiger partial charge in [-0.1, -0.05) is 66.7 Å². The molecule has 5 nitrogen and oxygen atoms in total. The van der Waals surface area contributed by atoms with E-state index < -0.39 is 0 Å². The van der Waals surface area contributed by atoms with Crippen molar-refractivity contribution in [2.45, 2.75) is 0 Å². The molecule has 6 aromatic rings. The van der Waals surface area contributed by atoms with Gasteiger partial charge in [-0.3, -0.25) is 4.98 Å². The molecule has 0 spiro atoms. The van der Waals surface area contributed by atoms with Gasteiger partial charge in [-0.2, -0.15) is 0 Å². The number of benzene rings is 5. The Balaban J connectivity index is 1.16. The standard InChI is InChI=1S/C39H32N4O/c1-41-23-24-42(29-41)35-17-10-20-38(28-35)44-37-19-9-12-32(26-37)39-27-31(21-22-40-39)30-11-8-18-36(25-30)43(33-13-4-2-5-14-33)34-15-6-3-7-16-34/h2-28H,29H2,1H3. The van der Waals surface area contributed by atoms with Crippen LogP contribution in [-0.4, -0.2) is 23.6 Å². The third kappa shape index (κ3) is 5.90. The Morgan fingerprint density at radius 3 is 1.93 bits per heavy atom. The summed E-state index contributed by atoms with van der Waals surface area (Å²) in [4.78, 5) is 11.3. The van der Waals surface area contributed by atoms with Crippen LogP contribution in [0.25, 0.3) is 22.4 Å². The zero-order valence-corrected chi connectivity index (χ0v) is 24.5. The van der Waals surface area contributed by atoms with Crippen LogP contribution in [0.1, 0.15) is 0 Å². The average Bonchev–Trinajstić information content (AvgIpc) is 3.53. The molecule has 0 fully saturated rings. The maximum Gasteiger partial charge on any atom is 0.129 e. The van der Waals surface area contributed by atoms with Crippen molar-refractivity contribution >= 4 is 22.7 Å². The third-order valence-corrected chi connectivity index (χ3v) is 7.62. The van der Waals surface area contributed by atoms with Gasteiger partial charge in [-0.15, -0.1) is 0 Å². The molecule has 2 heterocycles. The Kier molecular flexibility index (Phi) is 7.50. The second-order valence-electron chi connectivity index (χ2n) is 10.8. The Bertz CT molecular complexity index is 1870. The predicted octanol–water partition coefficient (Wildman–Crippen LogP) is 9.86. The van der Waals surface area contributed by atoms with Crippen LogP contribution in [0, 0.1) is 0 Å². The summed E-state index contributed by atoms with van der Waals surface area (Å²) < 4.78 is 6.31. The van der Waals surface area contributed by atoms with Gasteiger partial charge in [-0.05, 0) is 83.9 Å². The van der Waals surface area contributed by atoms with Crippen molar-refractivity contribution in [3.8, 4) is 33.9 Å². The summed E-state index contributed by atoms with van der Waals surface area (Å²) in [7, 11) is 2.06. The van der Waals surface area contributed by atoms with Gasteiger partial charge in [0.15, 0.2) is 0 Å². The van der Waals surface area contributed by atoms with Crippen LogP contribution in [0.5, 0.6) is 11.5 Å². The van der Waals surface area contributed by atoms with Crippen molar-refractivity contribution < 1.29 is 4.74 Å². The minimum Gasteiger partial charge on any atom is -0.457 e. The lowest BCUT2D eigenvalue weighted by Crippen LogP contribution is -2.21. The van der Waals surface area contributed by atoms with Crippen LogP contribution in [-0.2, 0) is 0 Å². The molecule has 5 heteroatoms. The molecule has 1 aromatic heterocycles. The second kappa shape index (κ2) is 12.2. The van der Waals surface area contributed by atoms with Crippen LogP contribution in [0.3, 0.4) is 0 Å². The number of nitrogens with zero attached hydrogens (tertiary/aromatic N) is 4. The van der Waals surface area contributed by atoms with Gasteiger partial charge in [0.2, 0.25) is 0 Å². The molecule has 5 aromatic carbocycles. The van der Waals surface area contributed by atoms with Crippen molar-refractivity contribution in [3.63, 3.8) is 0 Å². The van der Waals surface area contributed by atoms with E-state index >= 15 is 0 Å². The molecule has 0 saturated heterocycles. The quantitative estimate of drug-likeness (QED) is 0.181. The lowest BCUT2D eigenvalue weighted by atomic mass is 10.0. The summed E-state index contributed by atoms with van der Waals surface area (Å²) in [5, 5.41) is 0. The lowest BCUT2D eigenvalue weighted by Gasteiger charge is -2.26. The maximum atomic E-state index is 6.31. The van der Waals surface area contributed by atoms with Gasteiger partial charge in [-0.25, -0.2) is 0 Å². The van der Waals surface area contributed by atoms with Crippen LogP contribution in [0.2, 0.25) is 0 Å². The first kappa shape index (κ1) is 27.0. The van der Waals surface area contributed by atoms with E-state index in [4.69, 9.17) is 9.72 Å². The number of hydrogen-bond acceptors (Lipinski definition) is 5. The Morgan fingerprint density at radius 1 is 0.568 bits per heavy atom. The first-order valence-corrected chi connectivity index (χ1v) is 14.7. The first-order valence-electron chi connectivity index (χ1n) is 14.7. The summed E-state index contributed by atoms with van der Waals surface area (Å²) in [5.74, 6) is 1.56. The molecular weight excluding hydrogens is 540 g/mol. The van der Waals surface area contributed by atoms with E-state index in [0.29, 0.717) is 0 Å². The van der Waals surface area contributed by atoms with E-state index in [-0.39, 0.29) is 0 Å². The van der Waals surface area contributed by atoms with E-state index in [1.54, 1.807) is 0 Å². The molecule has 0 amide bonds. The van der Waals surface area contributed by atoms with Gasteiger partial charge < -0.3 is 19.4 Å². The highest BCUT2D eigenvalue weighted by molar-refractivity contribution is 5.80. The number of anilines is 4. The number of aromatic nitrogens is 1. The Labute approximate surface area is 258 Å². The summed E-state index contributed by atoms with van der Waals surface area (Å²) in [5.41, 5.74) is 8.50. The monoisotopic (exact) mass is 572 g/mol. The molecule has 0 saturated carbocycles. The van der Waals surface area contributed by atoms with Crippen molar-refractivity contribution in [2.75, 3.05) is 23.5 Å². The molecule has 1 aliphatic heterocycles. The largest absolute Gasteiger partial charge is 0.457 e. The van der Waals surface area contributed by atoms with Crippen molar-refractivity contribution in [1.29, 1.82) is 0 Å². The fraction of sp³-hybridized carbons (Fsp3) is 0.0513. The summed E-state index contributed by atoms with van der Waals surface area (Å²) >= 11 is 0. The van der Waals surface area contributed by atoms with Crippen LogP contribution >= 0.6 is 0 Å². The molecule has 0 radical (unpaired) electrons. The van der Waals surface area contributed by atoms with Gasteiger partial charge in [0.1, 0.15) is 11.5 Å². The fourth-order valence-corrected chi connectivity index (χ4v) is 5.47. The highest BCUT2D eigenvalue weighted by Crippen LogP contribution is 2.37. The SMILES string of the molecule is CN1C=CN(c2cccc(Oc3cccc(-c4cc(-c5cccc(N(c6ccccc6)c6ccccc6)c5)ccn4)c3)c2)C1. The number of hydrogen-bond donors (Lipinski definition) is 0. The molecule has 0 aliphatic carbocycles. The van der Waals surface area contributed by atoms with Crippen LogP contribution in [0.4, 0.5) is 22.7 Å². The molecule has 1 aliphatic rings. The van der Waals surface area contributed by atoms with Crippen molar-refractivity contribution in [2.24, 2.45) is 0 Å². The molecular formula is C39H32N4O. The minimum absolute atomic E-state index is 0.768. The molecule has 214 valence electrons. The van der Waals surface area contributed by atoms with Crippen molar-refractivity contribution in [3.05, 3.63) is 164 Å². The third-order valence-electron chi connectivity index (χ3n) is 7.62. The van der Waals surface area contributed by atoms with Crippen LogP contribution in [0.15, 0.2) is 164 Å². The predicted molar refractivity (Wildman–Crippen MR) is 181 cm³/mol. The normalized spacial score (nSPS) is 12.4. The zero-order valence-electron chi connectivity index (χ0n) is 24.5. The van der Waals surface area contributed by atoms with Gasteiger partial charge >= 0.3 is 0 Å². The van der Waals surface area contributed by atoms with Gasteiger partial charge in [0.05, 0.1) is 12.4 Å². The molecule has 0 N–H and O–H groups in total. The number of ether oxygens (including phenoxy) is 1. The van der Waals surface area contributed by atoms with E-state index in [9.17, 15) is 0 Å². The maximum absolute atomic E-state index is 6.31. The number of pyridine rings is 1. The van der Waals surface area contributed by atoms with E-state index in [1.165, 1.54) is 0 Å².